The first kappa shape index (κ1) is 17.4. The molecule has 0 unspecified atom stereocenters. The molecule has 7 heteroatoms. The number of aryl methyl sites for hydroxylation is 1. The van der Waals surface area contributed by atoms with E-state index in [1.807, 2.05) is 20.8 Å². The van der Waals surface area contributed by atoms with Crippen molar-refractivity contribution in [3.63, 3.8) is 0 Å². The topological polar surface area (TPSA) is 68.2 Å². The van der Waals surface area contributed by atoms with E-state index in [-0.39, 0.29) is 28.6 Å². The Morgan fingerprint density at radius 2 is 2.05 bits per heavy atom. The van der Waals surface area contributed by atoms with Crippen molar-refractivity contribution in [3.8, 4) is 0 Å². The fraction of sp³-hybridized carbons (Fsp3) is 0.733. The van der Waals surface area contributed by atoms with Crippen LogP contribution in [0.4, 0.5) is 0 Å². The Bertz CT molecular complexity index is 621. The molecule has 0 radical (unpaired) electrons. The van der Waals surface area contributed by atoms with Gasteiger partial charge >= 0.3 is 4.87 Å². The fourth-order valence-corrected chi connectivity index (χ4v) is 5.22. The summed E-state index contributed by atoms with van der Waals surface area (Å²) < 4.78 is 13.7. The molecule has 1 heterocycles. The van der Waals surface area contributed by atoms with Crippen LogP contribution in [0.1, 0.15) is 43.2 Å². The molecule has 1 aliphatic carbocycles. The van der Waals surface area contributed by atoms with Gasteiger partial charge in [0.25, 0.3) is 0 Å². The highest BCUT2D eigenvalue weighted by Crippen LogP contribution is 2.23. The zero-order chi connectivity index (χ0) is 16.3. The van der Waals surface area contributed by atoms with E-state index in [0.717, 1.165) is 36.3 Å². The van der Waals surface area contributed by atoms with Crippen LogP contribution in [-0.2, 0) is 22.1 Å². The molecule has 0 saturated heterocycles. The van der Waals surface area contributed by atoms with E-state index in [1.54, 1.807) is 0 Å². The molecular formula is C15H24N2O3S2. The Morgan fingerprint density at radius 3 is 2.64 bits per heavy atom. The van der Waals surface area contributed by atoms with Crippen molar-refractivity contribution < 1.29 is 9.00 Å². The second-order valence-electron chi connectivity index (χ2n) is 5.76. The van der Waals surface area contributed by atoms with Crippen LogP contribution in [0.2, 0.25) is 0 Å². The average molecular weight is 345 g/mol. The highest BCUT2D eigenvalue weighted by atomic mass is 32.2. The molecule has 0 aliphatic heterocycles. The lowest BCUT2D eigenvalue weighted by atomic mass is 9.95. The van der Waals surface area contributed by atoms with Gasteiger partial charge in [0, 0.05) is 33.2 Å². The van der Waals surface area contributed by atoms with Gasteiger partial charge in [0.15, 0.2) is 0 Å². The molecular weight excluding hydrogens is 320 g/mol. The van der Waals surface area contributed by atoms with Crippen LogP contribution >= 0.6 is 11.3 Å². The first-order chi connectivity index (χ1) is 10.4. The van der Waals surface area contributed by atoms with Crippen molar-refractivity contribution in [2.45, 2.75) is 64.3 Å². The first-order valence-electron chi connectivity index (χ1n) is 7.77. The molecule has 0 aromatic carbocycles. The van der Waals surface area contributed by atoms with Gasteiger partial charge in [-0.1, -0.05) is 31.1 Å². The number of nitrogens with one attached hydrogen (secondary N) is 1. The summed E-state index contributed by atoms with van der Waals surface area (Å²) in [6.07, 6.45) is 3.91. The third-order valence-electron chi connectivity index (χ3n) is 4.35. The summed E-state index contributed by atoms with van der Waals surface area (Å²) in [7, 11) is -0.892. The normalized spacial score (nSPS) is 23.2. The predicted octanol–water partition coefficient (Wildman–Crippen LogP) is 1.72. The van der Waals surface area contributed by atoms with Crippen molar-refractivity contribution >= 4 is 28.0 Å². The number of nitrogens with zero attached hydrogens (tertiary/aromatic N) is 1. The quantitative estimate of drug-likeness (QED) is 0.884. The lowest BCUT2D eigenvalue weighted by Gasteiger charge is -2.31. The molecule has 1 fully saturated rings. The Morgan fingerprint density at radius 1 is 1.36 bits per heavy atom. The SMILES string of the molecule is CC[S@](=O)[C@H]1CCCC[C@H]1NC(=O)Cn1c(C)c(C)sc1=O. The van der Waals surface area contributed by atoms with E-state index in [9.17, 15) is 13.8 Å². The lowest BCUT2D eigenvalue weighted by molar-refractivity contribution is -0.122. The summed E-state index contributed by atoms with van der Waals surface area (Å²) in [5, 5.41) is 3.06. The minimum atomic E-state index is -0.892. The van der Waals surface area contributed by atoms with Crippen LogP contribution in [0.25, 0.3) is 0 Å². The molecule has 3 atom stereocenters. The second kappa shape index (κ2) is 7.55. The van der Waals surface area contributed by atoms with Gasteiger partial charge in [-0.05, 0) is 26.7 Å². The van der Waals surface area contributed by atoms with Gasteiger partial charge in [0.1, 0.15) is 6.54 Å². The summed E-state index contributed by atoms with van der Waals surface area (Å²) >= 11 is 1.17. The number of carbonyl (C=O) groups is 1. The number of amides is 1. The molecule has 1 aromatic heterocycles. The third kappa shape index (κ3) is 3.87. The molecule has 22 heavy (non-hydrogen) atoms. The lowest BCUT2D eigenvalue weighted by Crippen LogP contribution is -2.48. The van der Waals surface area contributed by atoms with Gasteiger partial charge in [0.2, 0.25) is 5.91 Å². The highest BCUT2D eigenvalue weighted by molar-refractivity contribution is 7.85. The van der Waals surface area contributed by atoms with Crippen LogP contribution < -0.4 is 10.2 Å². The Kier molecular flexibility index (Phi) is 5.97. The molecule has 2 rings (SSSR count). The van der Waals surface area contributed by atoms with Crippen molar-refractivity contribution in [2.24, 2.45) is 0 Å². The first-order valence-corrected chi connectivity index (χ1v) is 9.97. The van der Waals surface area contributed by atoms with E-state index in [2.05, 4.69) is 5.32 Å². The van der Waals surface area contributed by atoms with Gasteiger partial charge in [0.05, 0.1) is 5.25 Å². The smallest absolute Gasteiger partial charge is 0.308 e. The molecule has 1 aliphatic rings. The summed E-state index contributed by atoms with van der Waals surface area (Å²) in [6, 6.07) is -0.0298. The largest absolute Gasteiger partial charge is 0.351 e. The minimum absolute atomic E-state index is 0.0298. The molecule has 1 amide bonds. The number of aromatic nitrogens is 1. The summed E-state index contributed by atoms with van der Waals surface area (Å²) in [6.45, 7) is 5.71. The molecule has 1 N–H and O–H groups in total. The fourth-order valence-electron chi connectivity index (χ4n) is 2.96. The molecule has 1 saturated carbocycles. The Balaban J connectivity index is 2.04. The summed E-state index contributed by atoms with van der Waals surface area (Å²) in [5.74, 6) is 0.465. The van der Waals surface area contributed by atoms with E-state index in [4.69, 9.17) is 0 Å². The molecule has 124 valence electrons. The van der Waals surface area contributed by atoms with E-state index in [0.29, 0.717) is 5.75 Å². The van der Waals surface area contributed by atoms with Gasteiger partial charge < -0.3 is 5.32 Å². The highest BCUT2D eigenvalue weighted by Gasteiger charge is 2.30. The van der Waals surface area contributed by atoms with Crippen molar-refractivity contribution in [1.29, 1.82) is 0 Å². The molecule has 5 nitrogen and oxygen atoms in total. The Hall–Kier alpha value is -0.950. The van der Waals surface area contributed by atoms with Crippen molar-refractivity contribution in [2.75, 3.05) is 5.75 Å². The maximum absolute atomic E-state index is 12.3. The standard InChI is InChI=1S/C15H24N2O3S2/c1-4-22(20)13-8-6-5-7-12(13)16-14(18)9-17-10(2)11(3)21-15(17)19/h12-13H,4-9H2,1-3H3,(H,16,18)/t12-,13+,22+/m1/s1. The van der Waals surface area contributed by atoms with Crippen LogP contribution in [0.15, 0.2) is 4.79 Å². The maximum atomic E-state index is 12.3. The van der Waals surface area contributed by atoms with Gasteiger partial charge in [-0.2, -0.15) is 0 Å². The summed E-state index contributed by atoms with van der Waals surface area (Å²) in [4.78, 5) is 25.0. The summed E-state index contributed by atoms with van der Waals surface area (Å²) in [5.41, 5.74) is 0.850. The monoisotopic (exact) mass is 344 g/mol. The zero-order valence-electron chi connectivity index (χ0n) is 13.4. The van der Waals surface area contributed by atoms with Crippen molar-refractivity contribution in [1.82, 2.24) is 9.88 Å². The van der Waals surface area contributed by atoms with E-state index >= 15 is 0 Å². The van der Waals surface area contributed by atoms with Gasteiger partial charge in [-0.3, -0.25) is 18.4 Å². The van der Waals surface area contributed by atoms with Gasteiger partial charge in [-0.25, -0.2) is 0 Å². The van der Waals surface area contributed by atoms with Gasteiger partial charge in [-0.15, -0.1) is 0 Å². The second-order valence-corrected chi connectivity index (χ2v) is 8.87. The average Bonchev–Trinajstić information content (AvgIpc) is 2.73. The number of thiazole rings is 1. The number of carbonyl (C=O) groups excluding carboxylic acids is 1. The van der Waals surface area contributed by atoms with Crippen LogP contribution in [0.5, 0.6) is 0 Å². The van der Waals surface area contributed by atoms with Crippen LogP contribution in [-0.4, -0.2) is 31.7 Å². The minimum Gasteiger partial charge on any atom is -0.351 e. The van der Waals surface area contributed by atoms with Crippen LogP contribution in [0.3, 0.4) is 0 Å². The maximum Gasteiger partial charge on any atom is 0.308 e. The Labute approximate surface area is 137 Å². The number of hydrogen-bond acceptors (Lipinski definition) is 4. The molecule has 0 spiro atoms. The third-order valence-corrected chi connectivity index (χ3v) is 7.15. The van der Waals surface area contributed by atoms with Crippen molar-refractivity contribution in [3.05, 3.63) is 20.2 Å². The zero-order valence-corrected chi connectivity index (χ0v) is 15.0. The predicted molar refractivity (Wildman–Crippen MR) is 90.9 cm³/mol. The number of rotatable bonds is 5. The molecule has 1 aromatic rings. The molecule has 0 bridgehead atoms. The van der Waals surface area contributed by atoms with E-state index < -0.39 is 10.8 Å². The van der Waals surface area contributed by atoms with Crippen LogP contribution in [0, 0.1) is 13.8 Å². The van der Waals surface area contributed by atoms with E-state index in [1.165, 1.54) is 15.9 Å². The number of hydrogen-bond donors (Lipinski definition) is 1.